The molecule has 8 nitrogen and oxygen atoms in total. The number of carboxylic acids is 1. The zero-order valence-corrected chi connectivity index (χ0v) is 13.7. The highest BCUT2D eigenvalue weighted by Gasteiger charge is 2.18. The van der Waals surface area contributed by atoms with Gasteiger partial charge in [0.15, 0.2) is 11.5 Å². The Labute approximate surface area is 134 Å². The number of aliphatic carboxylic acids is 1. The smallest absolute Gasteiger partial charge is 0.319 e. The minimum Gasteiger partial charge on any atom is -0.494 e. The van der Waals surface area contributed by atoms with Gasteiger partial charge in [0.25, 0.3) is 0 Å². The molecule has 2 amide bonds. The van der Waals surface area contributed by atoms with E-state index in [9.17, 15) is 9.59 Å². The molecule has 0 saturated heterocycles. The lowest BCUT2D eigenvalue weighted by Crippen LogP contribution is -2.30. The largest absolute Gasteiger partial charge is 0.494 e. The Bertz CT molecular complexity index is 574. The van der Waals surface area contributed by atoms with Crippen LogP contribution in [-0.2, 0) is 4.79 Å². The van der Waals surface area contributed by atoms with Gasteiger partial charge in [0.1, 0.15) is 5.75 Å². The van der Waals surface area contributed by atoms with Crippen LogP contribution < -0.4 is 24.8 Å². The van der Waals surface area contributed by atoms with E-state index in [-0.39, 0.29) is 13.0 Å². The molecule has 0 unspecified atom stereocenters. The van der Waals surface area contributed by atoms with Gasteiger partial charge >= 0.3 is 12.0 Å². The number of carbonyl (C=O) groups is 2. The van der Waals surface area contributed by atoms with Crippen LogP contribution in [0.3, 0.4) is 0 Å². The lowest BCUT2D eigenvalue weighted by molar-refractivity contribution is -0.137. The Morgan fingerprint density at radius 2 is 1.78 bits per heavy atom. The minimum atomic E-state index is -0.899. The molecule has 0 aromatic heterocycles. The van der Waals surface area contributed by atoms with E-state index in [1.807, 2.05) is 0 Å². The van der Waals surface area contributed by atoms with Gasteiger partial charge < -0.3 is 30.0 Å². The summed E-state index contributed by atoms with van der Waals surface area (Å²) in [6.45, 7) is 2.04. The monoisotopic (exact) mass is 326 g/mol. The number of amides is 2. The molecule has 0 bridgehead atoms. The summed E-state index contributed by atoms with van der Waals surface area (Å²) in [7, 11) is 4.51. The number of carbonyl (C=O) groups excluding carboxylic acids is 1. The molecule has 0 saturated carbocycles. The van der Waals surface area contributed by atoms with E-state index in [1.54, 1.807) is 13.0 Å². The predicted molar refractivity (Wildman–Crippen MR) is 84.7 cm³/mol. The van der Waals surface area contributed by atoms with Gasteiger partial charge in [-0.2, -0.15) is 0 Å². The van der Waals surface area contributed by atoms with Crippen molar-refractivity contribution in [1.29, 1.82) is 0 Å². The number of hydrogen-bond donors (Lipinski definition) is 3. The molecule has 3 N–H and O–H groups in total. The van der Waals surface area contributed by atoms with E-state index in [0.717, 1.165) is 0 Å². The molecule has 0 aliphatic heterocycles. The topological polar surface area (TPSA) is 106 Å². The number of urea groups is 1. The molecule has 1 aromatic carbocycles. The molecule has 1 rings (SSSR count). The Balaban J connectivity index is 2.84. The first-order valence-corrected chi connectivity index (χ1v) is 7.00. The summed E-state index contributed by atoms with van der Waals surface area (Å²) in [5.74, 6) is 0.552. The first-order valence-electron chi connectivity index (χ1n) is 7.00. The number of hydrogen-bond acceptors (Lipinski definition) is 5. The summed E-state index contributed by atoms with van der Waals surface area (Å²) in [6.07, 6.45) is 0.351. The molecular formula is C15H22N2O6. The molecule has 0 heterocycles. The average molecular weight is 326 g/mol. The Morgan fingerprint density at radius 1 is 1.13 bits per heavy atom. The zero-order chi connectivity index (χ0) is 17.4. The molecular weight excluding hydrogens is 304 g/mol. The van der Waals surface area contributed by atoms with Crippen LogP contribution in [0.5, 0.6) is 17.2 Å². The molecule has 0 aliphatic rings. The van der Waals surface area contributed by atoms with Gasteiger partial charge in [-0.05, 0) is 13.3 Å². The molecule has 8 heteroatoms. The molecule has 128 valence electrons. The van der Waals surface area contributed by atoms with Crippen molar-refractivity contribution in [2.45, 2.75) is 19.8 Å². The van der Waals surface area contributed by atoms with Gasteiger partial charge in [-0.1, -0.05) is 0 Å². The maximum atomic E-state index is 11.9. The number of methoxy groups -OCH3 is 3. The third-order valence-corrected chi connectivity index (χ3v) is 3.15. The third-order valence-electron chi connectivity index (χ3n) is 3.15. The second kappa shape index (κ2) is 8.72. The minimum absolute atomic E-state index is 0.000925. The number of benzene rings is 1. The van der Waals surface area contributed by atoms with Crippen molar-refractivity contribution >= 4 is 17.7 Å². The Morgan fingerprint density at radius 3 is 2.30 bits per heavy atom. The lowest BCUT2D eigenvalue weighted by atomic mass is 10.1. The SMILES string of the molecule is COc1cc(NC(=O)NCCCC(=O)O)c(OC)c(C)c1OC. The van der Waals surface area contributed by atoms with Gasteiger partial charge in [-0.3, -0.25) is 4.79 Å². The van der Waals surface area contributed by atoms with E-state index in [1.165, 1.54) is 21.3 Å². The number of carboxylic acid groups (broad SMARTS) is 1. The summed E-state index contributed by atoms with van der Waals surface area (Å²) in [5.41, 5.74) is 1.12. The first-order chi connectivity index (χ1) is 10.9. The highest BCUT2D eigenvalue weighted by Crippen LogP contribution is 2.42. The van der Waals surface area contributed by atoms with E-state index < -0.39 is 12.0 Å². The summed E-state index contributed by atoms with van der Waals surface area (Å²) >= 11 is 0. The van der Waals surface area contributed by atoms with Gasteiger partial charge in [0.2, 0.25) is 0 Å². The summed E-state index contributed by atoms with van der Waals surface area (Å²) in [5, 5.41) is 13.8. The van der Waals surface area contributed by atoms with Crippen molar-refractivity contribution in [1.82, 2.24) is 5.32 Å². The molecule has 0 spiro atoms. The van der Waals surface area contributed by atoms with Crippen LogP contribution in [0.4, 0.5) is 10.5 Å². The predicted octanol–water partition coefficient (Wildman–Crippen LogP) is 2.01. The van der Waals surface area contributed by atoms with E-state index in [4.69, 9.17) is 19.3 Å². The summed E-state index contributed by atoms with van der Waals surface area (Å²) < 4.78 is 15.8. The Hall–Kier alpha value is -2.64. The van der Waals surface area contributed by atoms with Crippen molar-refractivity contribution < 1.29 is 28.9 Å². The summed E-state index contributed by atoms with van der Waals surface area (Å²) in [4.78, 5) is 22.3. The molecule has 0 aliphatic carbocycles. The van der Waals surface area contributed by atoms with Gasteiger partial charge in [0, 0.05) is 24.6 Å². The molecule has 1 aromatic rings. The van der Waals surface area contributed by atoms with Crippen LogP contribution in [0.25, 0.3) is 0 Å². The fourth-order valence-corrected chi connectivity index (χ4v) is 2.12. The molecule has 0 atom stereocenters. The van der Waals surface area contributed by atoms with Crippen LogP contribution in [0.1, 0.15) is 18.4 Å². The molecule has 0 fully saturated rings. The third kappa shape index (κ3) is 4.94. The van der Waals surface area contributed by atoms with Gasteiger partial charge in [-0.15, -0.1) is 0 Å². The van der Waals surface area contributed by atoms with Crippen LogP contribution >= 0.6 is 0 Å². The first kappa shape index (κ1) is 18.4. The average Bonchev–Trinajstić information content (AvgIpc) is 2.51. The van der Waals surface area contributed by atoms with Crippen LogP contribution in [-0.4, -0.2) is 45.0 Å². The van der Waals surface area contributed by atoms with Crippen molar-refractivity contribution in [3.63, 3.8) is 0 Å². The van der Waals surface area contributed by atoms with E-state index in [0.29, 0.717) is 34.9 Å². The molecule has 23 heavy (non-hydrogen) atoms. The number of nitrogens with one attached hydrogen (secondary N) is 2. The summed E-state index contributed by atoms with van der Waals surface area (Å²) in [6, 6.07) is 1.14. The van der Waals surface area contributed by atoms with Crippen molar-refractivity contribution in [2.75, 3.05) is 33.2 Å². The van der Waals surface area contributed by atoms with Gasteiger partial charge in [0.05, 0.1) is 27.0 Å². The second-order valence-corrected chi connectivity index (χ2v) is 4.70. The lowest BCUT2D eigenvalue weighted by Gasteiger charge is -2.18. The molecule has 0 radical (unpaired) electrons. The fourth-order valence-electron chi connectivity index (χ4n) is 2.12. The number of rotatable bonds is 8. The van der Waals surface area contributed by atoms with Gasteiger partial charge in [-0.25, -0.2) is 4.79 Å². The number of anilines is 1. The van der Waals surface area contributed by atoms with Crippen LogP contribution in [0.15, 0.2) is 6.07 Å². The van der Waals surface area contributed by atoms with Crippen LogP contribution in [0, 0.1) is 6.92 Å². The maximum absolute atomic E-state index is 11.9. The van der Waals surface area contributed by atoms with E-state index in [2.05, 4.69) is 10.6 Å². The standard InChI is InChI=1S/C15H22N2O6/c1-9-13(22-3)10(8-11(21-2)14(9)23-4)17-15(20)16-7-5-6-12(18)19/h8H,5-7H2,1-4H3,(H,18,19)(H2,16,17,20). The highest BCUT2D eigenvalue weighted by atomic mass is 16.5. The van der Waals surface area contributed by atoms with Crippen molar-refractivity contribution in [2.24, 2.45) is 0 Å². The van der Waals surface area contributed by atoms with Crippen molar-refractivity contribution in [3.05, 3.63) is 11.6 Å². The van der Waals surface area contributed by atoms with E-state index >= 15 is 0 Å². The fraction of sp³-hybridized carbons (Fsp3) is 0.467. The van der Waals surface area contributed by atoms with Crippen LogP contribution in [0.2, 0.25) is 0 Å². The zero-order valence-electron chi connectivity index (χ0n) is 13.7. The second-order valence-electron chi connectivity index (χ2n) is 4.70. The quantitative estimate of drug-likeness (QED) is 0.631. The normalized spacial score (nSPS) is 9.91. The maximum Gasteiger partial charge on any atom is 0.319 e. The number of ether oxygens (including phenoxy) is 3. The van der Waals surface area contributed by atoms with Crippen molar-refractivity contribution in [3.8, 4) is 17.2 Å². The Kier molecular flexibility index (Phi) is 6.98. The highest BCUT2D eigenvalue weighted by molar-refractivity contribution is 5.92.